The summed E-state index contributed by atoms with van der Waals surface area (Å²) in [5.74, 6) is -0.291. The van der Waals surface area contributed by atoms with Crippen molar-refractivity contribution < 1.29 is 9.53 Å². The van der Waals surface area contributed by atoms with E-state index in [-0.39, 0.29) is 5.97 Å². The summed E-state index contributed by atoms with van der Waals surface area (Å²) in [6, 6.07) is 19.1. The molecule has 2 aromatic carbocycles. The number of hydrogen-bond acceptors (Lipinski definition) is 2. The van der Waals surface area contributed by atoms with Crippen LogP contribution in [-0.2, 0) is 4.74 Å². The number of hydrogen-bond donors (Lipinski definition) is 0. The molecule has 0 N–H and O–H groups in total. The lowest BCUT2D eigenvalue weighted by atomic mass is 10.2. The molecule has 0 aliphatic rings. The van der Waals surface area contributed by atoms with Crippen LogP contribution in [0.3, 0.4) is 0 Å². The number of methoxy groups -OCH3 is 1. The Morgan fingerprint density at radius 1 is 0.941 bits per heavy atom. The van der Waals surface area contributed by atoms with Gasteiger partial charge in [0.05, 0.1) is 12.7 Å². The SMILES string of the molecule is COC(=O)c1ccccc1.Ic1ccccc1. The molecular weight excluding hydrogens is 327 g/mol. The molecule has 2 nitrogen and oxygen atoms in total. The number of halogens is 1. The van der Waals surface area contributed by atoms with Crippen LogP contribution >= 0.6 is 22.6 Å². The Labute approximate surface area is 115 Å². The molecular formula is C14H13IO2. The van der Waals surface area contributed by atoms with Gasteiger partial charge in [-0.3, -0.25) is 0 Å². The second-order valence-corrected chi connectivity index (χ2v) is 4.40. The molecule has 2 aromatic rings. The van der Waals surface area contributed by atoms with Gasteiger partial charge < -0.3 is 4.74 Å². The normalized spacial score (nSPS) is 8.82. The highest BCUT2D eigenvalue weighted by molar-refractivity contribution is 14.1. The summed E-state index contributed by atoms with van der Waals surface area (Å²) >= 11 is 2.28. The van der Waals surface area contributed by atoms with Gasteiger partial charge in [0, 0.05) is 3.57 Å². The molecule has 0 aliphatic heterocycles. The molecule has 0 saturated carbocycles. The molecule has 88 valence electrons. The summed E-state index contributed by atoms with van der Waals surface area (Å²) in [5, 5.41) is 0. The van der Waals surface area contributed by atoms with E-state index in [2.05, 4.69) is 39.5 Å². The monoisotopic (exact) mass is 340 g/mol. The lowest BCUT2D eigenvalue weighted by Gasteiger charge is -1.95. The first-order valence-electron chi connectivity index (χ1n) is 5.08. The number of rotatable bonds is 1. The van der Waals surface area contributed by atoms with Crippen molar-refractivity contribution in [2.75, 3.05) is 7.11 Å². The van der Waals surface area contributed by atoms with Gasteiger partial charge in [0.15, 0.2) is 0 Å². The number of esters is 1. The fraction of sp³-hybridized carbons (Fsp3) is 0.0714. The molecule has 0 aromatic heterocycles. The highest BCUT2D eigenvalue weighted by atomic mass is 127. The number of ether oxygens (including phenoxy) is 1. The standard InChI is InChI=1S/C8H8O2.C6H5I/c1-10-8(9)7-5-3-2-4-6-7;7-6-4-2-1-3-5-6/h2-6H,1H3;1-5H. The predicted molar refractivity (Wildman–Crippen MR) is 76.9 cm³/mol. The van der Waals surface area contributed by atoms with E-state index in [1.54, 1.807) is 24.3 Å². The third-order valence-electron chi connectivity index (χ3n) is 1.93. The van der Waals surface area contributed by atoms with Gasteiger partial charge in [-0.15, -0.1) is 0 Å². The first kappa shape index (κ1) is 13.7. The highest BCUT2D eigenvalue weighted by Crippen LogP contribution is 2.00. The van der Waals surface area contributed by atoms with E-state index >= 15 is 0 Å². The molecule has 0 fully saturated rings. The molecule has 0 unspecified atom stereocenters. The van der Waals surface area contributed by atoms with Crippen molar-refractivity contribution in [2.24, 2.45) is 0 Å². The number of carbonyl (C=O) groups excluding carboxylic acids is 1. The number of benzene rings is 2. The van der Waals surface area contributed by atoms with Crippen molar-refractivity contribution in [3.8, 4) is 0 Å². The minimum atomic E-state index is -0.291. The van der Waals surface area contributed by atoms with Gasteiger partial charge in [0.1, 0.15) is 0 Å². The largest absolute Gasteiger partial charge is 0.465 e. The first-order chi connectivity index (χ1) is 8.24. The Hall–Kier alpha value is -1.36. The summed E-state index contributed by atoms with van der Waals surface area (Å²) in [7, 11) is 1.37. The quantitative estimate of drug-likeness (QED) is 0.584. The Morgan fingerprint density at radius 2 is 1.41 bits per heavy atom. The topological polar surface area (TPSA) is 26.3 Å². The maximum absolute atomic E-state index is 10.8. The maximum atomic E-state index is 10.8. The van der Waals surface area contributed by atoms with Crippen LogP contribution in [-0.4, -0.2) is 13.1 Å². The molecule has 2 rings (SSSR count). The summed E-state index contributed by atoms with van der Waals surface area (Å²) in [4.78, 5) is 10.8. The van der Waals surface area contributed by atoms with Crippen LogP contribution in [0.5, 0.6) is 0 Å². The smallest absolute Gasteiger partial charge is 0.337 e. The summed E-state index contributed by atoms with van der Waals surface area (Å²) < 4.78 is 5.79. The van der Waals surface area contributed by atoms with Crippen LogP contribution in [0.2, 0.25) is 0 Å². The van der Waals surface area contributed by atoms with Crippen molar-refractivity contribution in [3.63, 3.8) is 0 Å². The van der Waals surface area contributed by atoms with E-state index in [0.29, 0.717) is 5.56 Å². The zero-order valence-electron chi connectivity index (χ0n) is 9.47. The Bertz CT molecular complexity index is 440. The zero-order chi connectivity index (χ0) is 12.5. The lowest BCUT2D eigenvalue weighted by molar-refractivity contribution is 0.0601. The Morgan fingerprint density at radius 3 is 1.76 bits per heavy atom. The molecule has 0 spiro atoms. The fourth-order valence-electron chi connectivity index (χ4n) is 1.11. The van der Waals surface area contributed by atoms with Crippen LogP contribution in [0.15, 0.2) is 60.7 Å². The van der Waals surface area contributed by atoms with E-state index in [1.165, 1.54) is 10.7 Å². The molecule has 0 atom stereocenters. The van der Waals surface area contributed by atoms with Crippen LogP contribution in [0, 0.1) is 3.57 Å². The third-order valence-corrected chi connectivity index (χ3v) is 2.65. The second-order valence-electron chi connectivity index (χ2n) is 3.15. The summed E-state index contributed by atoms with van der Waals surface area (Å²) in [5.41, 5.74) is 0.588. The van der Waals surface area contributed by atoms with Crippen molar-refractivity contribution in [1.29, 1.82) is 0 Å². The molecule has 3 heteroatoms. The Balaban J connectivity index is 0.000000181. The molecule has 17 heavy (non-hydrogen) atoms. The van der Waals surface area contributed by atoms with Crippen LogP contribution in [0.1, 0.15) is 10.4 Å². The number of carbonyl (C=O) groups is 1. The third kappa shape index (κ3) is 5.49. The fourth-order valence-corrected chi connectivity index (χ4v) is 1.52. The molecule has 0 saturated heterocycles. The van der Waals surface area contributed by atoms with Crippen molar-refractivity contribution in [2.45, 2.75) is 0 Å². The average Bonchev–Trinajstić information content (AvgIpc) is 2.40. The summed E-state index contributed by atoms with van der Waals surface area (Å²) in [6.45, 7) is 0. The molecule has 0 amide bonds. The molecule has 0 heterocycles. The van der Waals surface area contributed by atoms with Crippen molar-refractivity contribution in [3.05, 3.63) is 69.8 Å². The van der Waals surface area contributed by atoms with Gasteiger partial charge in [0.25, 0.3) is 0 Å². The van der Waals surface area contributed by atoms with E-state index < -0.39 is 0 Å². The molecule has 0 aliphatic carbocycles. The van der Waals surface area contributed by atoms with Gasteiger partial charge >= 0.3 is 5.97 Å². The van der Waals surface area contributed by atoms with Crippen LogP contribution in [0.4, 0.5) is 0 Å². The molecule has 0 bridgehead atoms. The van der Waals surface area contributed by atoms with Gasteiger partial charge in [-0.05, 0) is 46.9 Å². The van der Waals surface area contributed by atoms with Crippen molar-refractivity contribution in [1.82, 2.24) is 0 Å². The van der Waals surface area contributed by atoms with Gasteiger partial charge in [0.2, 0.25) is 0 Å². The first-order valence-corrected chi connectivity index (χ1v) is 6.16. The van der Waals surface area contributed by atoms with E-state index in [0.717, 1.165) is 0 Å². The lowest BCUT2D eigenvalue weighted by Crippen LogP contribution is -1.99. The highest BCUT2D eigenvalue weighted by Gasteiger charge is 2.00. The minimum Gasteiger partial charge on any atom is -0.465 e. The van der Waals surface area contributed by atoms with E-state index in [4.69, 9.17) is 0 Å². The Kier molecular flexibility index (Phi) is 6.32. The van der Waals surface area contributed by atoms with Gasteiger partial charge in [-0.25, -0.2) is 4.79 Å². The van der Waals surface area contributed by atoms with Gasteiger partial charge in [-0.2, -0.15) is 0 Å². The van der Waals surface area contributed by atoms with Crippen LogP contribution in [0.25, 0.3) is 0 Å². The summed E-state index contributed by atoms with van der Waals surface area (Å²) in [6.07, 6.45) is 0. The second kappa shape index (κ2) is 7.84. The van der Waals surface area contributed by atoms with E-state index in [1.807, 2.05) is 24.3 Å². The predicted octanol–water partition coefficient (Wildman–Crippen LogP) is 3.76. The average molecular weight is 340 g/mol. The minimum absolute atomic E-state index is 0.291. The van der Waals surface area contributed by atoms with E-state index in [9.17, 15) is 4.79 Å². The zero-order valence-corrected chi connectivity index (χ0v) is 11.6. The van der Waals surface area contributed by atoms with Gasteiger partial charge in [-0.1, -0.05) is 36.4 Å². The maximum Gasteiger partial charge on any atom is 0.337 e. The van der Waals surface area contributed by atoms with Crippen molar-refractivity contribution >= 4 is 28.6 Å². The van der Waals surface area contributed by atoms with Crippen LogP contribution < -0.4 is 0 Å². The molecule has 0 radical (unpaired) electrons.